The number of hydrogen-bond donors (Lipinski definition) is 3. The summed E-state index contributed by atoms with van der Waals surface area (Å²) in [6.07, 6.45) is 3.25. The Bertz CT molecular complexity index is 484. The molecular formula is C14H20N2O5. The monoisotopic (exact) mass is 296 g/mol. The van der Waals surface area contributed by atoms with E-state index in [1.807, 2.05) is 6.92 Å². The standard InChI is InChI=1S/C14H20N2O5/c1-3-4-6-10(14(19)20)16-12(17)9(2)15-13(18)11-7-5-8-21-11/h5,7-10H,3-4,6H2,1-2H3,(H,15,18)(H,16,17)(H,19,20)/t9?,10-/m0/s1. The molecule has 1 rings (SSSR count). The molecule has 0 bridgehead atoms. The maximum absolute atomic E-state index is 11.9. The number of unbranched alkanes of at least 4 members (excludes halogenated alkanes) is 1. The van der Waals surface area contributed by atoms with Crippen molar-refractivity contribution in [1.29, 1.82) is 0 Å². The van der Waals surface area contributed by atoms with E-state index >= 15 is 0 Å². The molecule has 0 radical (unpaired) electrons. The van der Waals surface area contributed by atoms with Crippen LogP contribution in [-0.4, -0.2) is 35.0 Å². The lowest BCUT2D eigenvalue weighted by molar-refractivity contribution is -0.142. The van der Waals surface area contributed by atoms with Crippen molar-refractivity contribution in [2.45, 2.75) is 45.2 Å². The van der Waals surface area contributed by atoms with Gasteiger partial charge in [0.15, 0.2) is 5.76 Å². The highest BCUT2D eigenvalue weighted by Crippen LogP contribution is 2.03. The third kappa shape index (κ3) is 5.29. The minimum atomic E-state index is -1.08. The van der Waals surface area contributed by atoms with Gasteiger partial charge in [-0.2, -0.15) is 0 Å². The second-order valence-corrected chi connectivity index (χ2v) is 4.71. The molecule has 0 aliphatic heterocycles. The zero-order valence-electron chi connectivity index (χ0n) is 12.1. The highest BCUT2D eigenvalue weighted by Gasteiger charge is 2.24. The predicted molar refractivity (Wildman–Crippen MR) is 74.7 cm³/mol. The highest BCUT2D eigenvalue weighted by molar-refractivity contribution is 5.96. The van der Waals surface area contributed by atoms with Crippen molar-refractivity contribution >= 4 is 17.8 Å². The molecule has 3 N–H and O–H groups in total. The fraction of sp³-hybridized carbons (Fsp3) is 0.500. The minimum absolute atomic E-state index is 0.0930. The fourth-order valence-corrected chi connectivity index (χ4v) is 1.70. The first kappa shape index (κ1) is 16.7. The summed E-state index contributed by atoms with van der Waals surface area (Å²) >= 11 is 0. The van der Waals surface area contributed by atoms with Crippen LogP contribution in [0.4, 0.5) is 0 Å². The molecule has 21 heavy (non-hydrogen) atoms. The molecule has 1 aromatic rings. The van der Waals surface area contributed by atoms with Gasteiger partial charge in [0.05, 0.1) is 6.26 Å². The molecule has 2 amide bonds. The lowest BCUT2D eigenvalue weighted by atomic mass is 10.1. The molecule has 7 nitrogen and oxygen atoms in total. The number of carbonyl (C=O) groups excluding carboxylic acids is 2. The number of amides is 2. The van der Waals surface area contributed by atoms with Crippen molar-refractivity contribution in [3.8, 4) is 0 Å². The molecule has 2 atom stereocenters. The smallest absolute Gasteiger partial charge is 0.326 e. The van der Waals surface area contributed by atoms with E-state index in [9.17, 15) is 14.4 Å². The van der Waals surface area contributed by atoms with Crippen LogP contribution in [0.1, 0.15) is 43.7 Å². The van der Waals surface area contributed by atoms with Gasteiger partial charge in [0, 0.05) is 0 Å². The zero-order chi connectivity index (χ0) is 15.8. The maximum Gasteiger partial charge on any atom is 0.326 e. The van der Waals surface area contributed by atoms with Gasteiger partial charge in [-0.3, -0.25) is 9.59 Å². The van der Waals surface area contributed by atoms with E-state index in [1.165, 1.54) is 19.3 Å². The summed E-state index contributed by atoms with van der Waals surface area (Å²) in [5.74, 6) is -2.06. The fourth-order valence-electron chi connectivity index (χ4n) is 1.70. The van der Waals surface area contributed by atoms with Crippen molar-refractivity contribution in [1.82, 2.24) is 10.6 Å². The van der Waals surface area contributed by atoms with Crippen molar-refractivity contribution in [2.24, 2.45) is 0 Å². The Morgan fingerprint density at radius 1 is 1.33 bits per heavy atom. The topological polar surface area (TPSA) is 109 Å². The highest BCUT2D eigenvalue weighted by atomic mass is 16.4. The molecule has 0 aliphatic carbocycles. The molecule has 0 aromatic carbocycles. The van der Waals surface area contributed by atoms with Gasteiger partial charge in [0.25, 0.3) is 5.91 Å². The second-order valence-electron chi connectivity index (χ2n) is 4.71. The molecule has 0 saturated carbocycles. The molecule has 1 heterocycles. The van der Waals surface area contributed by atoms with E-state index in [0.29, 0.717) is 12.8 Å². The number of hydrogen-bond acceptors (Lipinski definition) is 4. The van der Waals surface area contributed by atoms with Crippen LogP contribution in [0, 0.1) is 0 Å². The third-order valence-corrected chi connectivity index (χ3v) is 2.95. The van der Waals surface area contributed by atoms with E-state index < -0.39 is 29.9 Å². The summed E-state index contributed by atoms with van der Waals surface area (Å²) in [5.41, 5.74) is 0. The number of furan rings is 1. The molecule has 0 spiro atoms. The Hall–Kier alpha value is -2.31. The Kier molecular flexibility index (Phi) is 6.45. The van der Waals surface area contributed by atoms with Gasteiger partial charge >= 0.3 is 5.97 Å². The van der Waals surface area contributed by atoms with Gasteiger partial charge in [-0.1, -0.05) is 19.8 Å². The SMILES string of the molecule is CCCC[C@H](NC(=O)C(C)NC(=O)c1ccco1)C(=O)O. The van der Waals surface area contributed by atoms with Gasteiger partial charge in [0.1, 0.15) is 12.1 Å². The van der Waals surface area contributed by atoms with Crippen LogP contribution >= 0.6 is 0 Å². The maximum atomic E-state index is 11.9. The lowest BCUT2D eigenvalue weighted by Crippen LogP contribution is -2.50. The molecule has 0 fully saturated rings. The van der Waals surface area contributed by atoms with Crippen LogP contribution in [-0.2, 0) is 9.59 Å². The normalized spacial score (nSPS) is 13.2. The summed E-state index contributed by atoms with van der Waals surface area (Å²) in [6.45, 7) is 3.42. The van der Waals surface area contributed by atoms with Crippen LogP contribution in [0.25, 0.3) is 0 Å². The number of nitrogens with one attached hydrogen (secondary N) is 2. The molecule has 0 aliphatic rings. The van der Waals surface area contributed by atoms with E-state index in [1.54, 1.807) is 6.07 Å². The number of aliphatic carboxylic acids is 1. The predicted octanol–water partition coefficient (Wildman–Crippen LogP) is 1.16. The van der Waals surface area contributed by atoms with E-state index in [2.05, 4.69) is 10.6 Å². The average Bonchev–Trinajstić information content (AvgIpc) is 2.96. The quantitative estimate of drug-likeness (QED) is 0.667. The molecular weight excluding hydrogens is 276 g/mol. The van der Waals surface area contributed by atoms with Gasteiger partial charge in [-0.25, -0.2) is 4.79 Å². The molecule has 1 unspecified atom stereocenters. The molecule has 7 heteroatoms. The molecule has 1 aromatic heterocycles. The second kappa shape index (κ2) is 8.08. The zero-order valence-corrected chi connectivity index (χ0v) is 12.1. The summed E-state index contributed by atoms with van der Waals surface area (Å²) in [6, 6.07) is 1.23. The summed E-state index contributed by atoms with van der Waals surface area (Å²) in [7, 11) is 0. The largest absolute Gasteiger partial charge is 0.480 e. The van der Waals surface area contributed by atoms with E-state index in [-0.39, 0.29) is 5.76 Å². The molecule has 0 saturated heterocycles. The Labute approximate surface area is 122 Å². The first-order valence-corrected chi connectivity index (χ1v) is 6.83. The number of carboxylic acids is 1. The number of carboxylic acid groups (broad SMARTS) is 1. The Morgan fingerprint density at radius 2 is 2.05 bits per heavy atom. The van der Waals surface area contributed by atoms with Crippen molar-refractivity contribution in [2.75, 3.05) is 0 Å². The van der Waals surface area contributed by atoms with Gasteiger partial charge in [-0.15, -0.1) is 0 Å². The van der Waals surface area contributed by atoms with Crippen LogP contribution < -0.4 is 10.6 Å². The Morgan fingerprint density at radius 3 is 2.57 bits per heavy atom. The summed E-state index contributed by atoms with van der Waals surface area (Å²) < 4.78 is 4.91. The van der Waals surface area contributed by atoms with E-state index in [0.717, 1.165) is 6.42 Å². The summed E-state index contributed by atoms with van der Waals surface area (Å²) in [4.78, 5) is 34.7. The van der Waals surface area contributed by atoms with Crippen LogP contribution in [0.2, 0.25) is 0 Å². The Balaban J connectivity index is 2.52. The number of rotatable bonds is 8. The first-order valence-electron chi connectivity index (χ1n) is 6.83. The van der Waals surface area contributed by atoms with Crippen LogP contribution in [0.5, 0.6) is 0 Å². The van der Waals surface area contributed by atoms with Crippen LogP contribution in [0.3, 0.4) is 0 Å². The first-order chi connectivity index (χ1) is 9.95. The van der Waals surface area contributed by atoms with Crippen molar-refractivity contribution in [3.63, 3.8) is 0 Å². The third-order valence-electron chi connectivity index (χ3n) is 2.95. The summed E-state index contributed by atoms with van der Waals surface area (Å²) in [5, 5.41) is 13.9. The van der Waals surface area contributed by atoms with Gasteiger partial charge < -0.3 is 20.2 Å². The minimum Gasteiger partial charge on any atom is -0.480 e. The number of carbonyl (C=O) groups is 3. The van der Waals surface area contributed by atoms with Gasteiger partial charge in [0.2, 0.25) is 5.91 Å². The lowest BCUT2D eigenvalue weighted by Gasteiger charge is -2.18. The van der Waals surface area contributed by atoms with Crippen LogP contribution in [0.15, 0.2) is 22.8 Å². The van der Waals surface area contributed by atoms with Crippen molar-refractivity contribution in [3.05, 3.63) is 24.2 Å². The van der Waals surface area contributed by atoms with Crippen molar-refractivity contribution < 1.29 is 23.9 Å². The van der Waals surface area contributed by atoms with Gasteiger partial charge in [-0.05, 0) is 25.5 Å². The van der Waals surface area contributed by atoms with E-state index in [4.69, 9.17) is 9.52 Å². The average molecular weight is 296 g/mol. The molecule has 116 valence electrons.